The number of benzene rings is 1. The molecule has 1 heterocycles. The van der Waals surface area contributed by atoms with Crippen molar-refractivity contribution in [3.63, 3.8) is 0 Å². The van der Waals surface area contributed by atoms with Gasteiger partial charge in [0.25, 0.3) is 5.91 Å². The van der Waals surface area contributed by atoms with Gasteiger partial charge in [0.1, 0.15) is 5.75 Å². The van der Waals surface area contributed by atoms with Crippen molar-refractivity contribution in [3.05, 3.63) is 29.8 Å². The highest BCUT2D eigenvalue weighted by molar-refractivity contribution is 5.97. The Morgan fingerprint density at radius 2 is 2.10 bits per heavy atom. The SMILES string of the molecule is COc1ccccc1C(=O)N1CCO[C@@H]2CCCC[C@H]21. The van der Waals surface area contributed by atoms with Gasteiger partial charge in [0.05, 0.1) is 31.4 Å². The number of morpholine rings is 1. The minimum absolute atomic E-state index is 0.0719. The lowest BCUT2D eigenvalue weighted by molar-refractivity contribution is -0.0753. The molecule has 1 saturated heterocycles. The first-order chi connectivity index (χ1) is 9.81. The molecule has 0 bridgehead atoms. The lowest BCUT2D eigenvalue weighted by atomic mass is 9.89. The number of para-hydroxylation sites is 1. The van der Waals surface area contributed by atoms with E-state index in [1.807, 2.05) is 29.2 Å². The molecule has 4 nitrogen and oxygen atoms in total. The van der Waals surface area contributed by atoms with Gasteiger partial charge in [-0.3, -0.25) is 4.79 Å². The number of ether oxygens (including phenoxy) is 2. The van der Waals surface area contributed by atoms with E-state index in [4.69, 9.17) is 9.47 Å². The number of hydrogen-bond acceptors (Lipinski definition) is 3. The second-order valence-corrected chi connectivity index (χ2v) is 5.46. The smallest absolute Gasteiger partial charge is 0.258 e. The quantitative estimate of drug-likeness (QED) is 0.832. The molecular weight excluding hydrogens is 254 g/mol. The molecule has 0 radical (unpaired) electrons. The first-order valence-corrected chi connectivity index (χ1v) is 7.37. The molecule has 1 aliphatic carbocycles. The number of nitrogens with zero attached hydrogens (tertiary/aromatic N) is 1. The predicted octanol–water partition coefficient (Wildman–Crippen LogP) is 2.48. The number of fused-ring (bicyclic) bond motifs is 1. The van der Waals surface area contributed by atoms with Gasteiger partial charge < -0.3 is 14.4 Å². The summed E-state index contributed by atoms with van der Waals surface area (Å²) in [6.45, 7) is 1.32. The minimum Gasteiger partial charge on any atom is -0.496 e. The Kier molecular flexibility index (Phi) is 3.92. The maximum Gasteiger partial charge on any atom is 0.258 e. The zero-order chi connectivity index (χ0) is 13.9. The maximum absolute atomic E-state index is 12.8. The third kappa shape index (κ3) is 2.40. The monoisotopic (exact) mass is 275 g/mol. The average molecular weight is 275 g/mol. The minimum atomic E-state index is 0.0719. The van der Waals surface area contributed by atoms with Crippen LogP contribution in [0.4, 0.5) is 0 Å². The van der Waals surface area contributed by atoms with Gasteiger partial charge in [-0.1, -0.05) is 25.0 Å². The predicted molar refractivity (Wildman–Crippen MR) is 76.0 cm³/mol. The van der Waals surface area contributed by atoms with Crippen molar-refractivity contribution >= 4 is 5.91 Å². The van der Waals surface area contributed by atoms with E-state index < -0.39 is 0 Å². The van der Waals surface area contributed by atoms with Gasteiger partial charge in [-0.15, -0.1) is 0 Å². The summed E-state index contributed by atoms with van der Waals surface area (Å²) in [6.07, 6.45) is 4.72. The van der Waals surface area contributed by atoms with Crippen LogP contribution in [-0.4, -0.2) is 43.2 Å². The van der Waals surface area contributed by atoms with E-state index in [1.165, 1.54) is 12.8 Å². The van der Waals surface area contributed by atoms with Crippen LogP contribution < -0.4 is 4.74 Å². The second-order valence-electron chi connectivity index (χ2n) is 5.46. The van der Waals surface area contributed by atoms with Gasteiger partial charge in [0.15, 0.2) is 0 Å². The molecule has 20 heavy (non-hydrogen) atoms. The molecule has 0 spiro atoms. The third-order valence-corrected chi connectivity index (χ3v) is 4.33. The molecule has 4 heteroatoms. The van der Waals surface area contributed by atoms with E-state index in [9.17, 15) is 4.79 Å². The summed E-state index contributed by atoms with van der Waals surface area (Å²) in [7, 11) is 1.61. The fourth-order valence-electron chi connectivity index (χ4n) is 3.32. The van der Waals surface area contributed by atoms with Gasteiger partial charge in [0, 0.05) is 6.54 Å². The van der Waals surface area contributed by atoms with E-state index >= 15 is 0 Å². The van der Waals surface area contributed by atoms with Crippen molar-refractivity contribution in [1.29, 1.82) is 0 Å². The highest BCUT2D eigenvalue weighted by Crippen LogP contribution is 2.30. The largest absolute Gasteiger partial charge is 0.496 e. The van der Waals surface area contributed by atoms with E-state index in [1.54, 1.807) is 7.11 Å². The van der Waals surface area contributed by atoms with Crippen molar-refractivity contribution < 1.29 is 14.3 Å². The second kappa shape index (κ2) is 5.83. The molecule has 0 N–H and O–H groups in total. The molecule has 1 saturated carbocycles. The number of carbonyl (C=O) groups is 1. The highest BCUT2D eigenvalue weighted by Gasteiger charge is 2.37. The summed E-state index contributed by atoms with van der Waals surface area (Å²) < 4.78 is 11.1. The van der Waals surface area contributed by atoms with E-state index in [2.05, 4.69) is 0 Å². The van der Waals surface area contributed by atoms with E-state index in [-0.39, 0.29) is 18.1 Å². The normalized spacial score (nSPS) is 25.9. The molecule has 2 fully saturated rings. The molecule has 3 rings (SSSR count). The van der Waals surface area contributed by atoms with Crippen LogP contribution >= 0.6 is 0 Å². The van der Waals surface area contributed by atoms with Gasteiger partial charge in [0.2, 0.25) is 0 Å². The van der Waals surface area contributed by atoms with Crippen LogP contribution in [0.5, 0.6) is 5.75 Å². The number of methoxy groups -OCH3 is 1. The molecule has 0 unspecified atom stereocenters. The summed E-state index contributed by atoms with van der Waals surface area (Å²) >= 11 is 0. The maximum atomic E-state index is 12.8. The molecule has 1 aromatic carbocycles. The highest BCUT2D eigenvalue weighted by atomic mass is 16.5. The van der Waals surface area contributed by atoms with Crippen molar-refractivity contribution in [3.8, 4) is 5.75 Å². The van der Waals surface area contributed by atoms with Crippen LogP contribution in [0.2, 0.25) is 0 Å². The first-order valence-electron chi connectivity index (χ1n) is 7.37. The summed E-state index contributed by atoms with van der Waals surface area (Å²) in [5, 5.41) is 0. The molecule has 108 valence electrons. The number of hydrogen-bond donors (Lipinski definition) is 0. The Bertz CT molecular complexity index is 486. The number of carbonyl (C=O) groups excluding carboxylic acids is 1. The van der Waals surface area contributed by atoms with Crippen LogP contribution in [-0.2, 0) is 4.74 Å². The molecule has 1 amide bonds. The molecule has 1 aliphatic heterocycles. The van der Waals surface area contributed by atoms with Gasteiger partial charge in [-0.2, -0.15) is 0 Å². The summed E-state index contributed by atoms with van der Waals surface area (Å²) in [5.41, 5.74) is 0.654. The van der Waals surface area contributed by atoms with Crippen molar-refractivity contribution in [2.24, 2.45) is 0 Å². The lowest BCUT2D eigenvalue weighted by Gasteiger charge is -2.43. The number of rotatable bonds is 2. The van der Waals surface area contributed by atoms with Crippen LogP contribution in [0.25, 0.3) is 0 Å². The number of amides is 1. The summed E-state index contributed by atoms with van der Waals surface area (Å²) in [4.78, 5) is 14.8. The molecule has 1 aromatic rings. The Morgan fingerprint density at radius 1 is 1.30 bits per heavy atom. The van der Waals surface area contributed by atoms with Crippen LogP contribution in [0, 0.1) is 0 Å². The van der Waals surface area contributed by atoms with Crippen molar-refractivity contribution in [2.45, 2.75) is 37.8 Å². The summed E-state index contributed by atoms with van der Waals surface area (Å²) in [5.74, 6) is 0.721. The molecular formula is C16H21NO3. The van der Waals surface area contributed by atoms with E-state index in [0.29, 0.717) is 24.5 Å². The standard InChI is InChI=1S/C16H21NO3/c1-19-14-8-4-2-6-12(14)16(18)17-10-11-20-15-9-5-3-7-13(15)17/h2,4,6,8,13,15H,3,5,7,9-11H2,1H3/t13-,15-/m1/s1. The van der Waals surface area contributed by atoms with Gasteiger partial charge in [-0.05, 0) is 25.0 Å². The van der Waals surface area contributed by atoms with E-state index in [0.717, 1.165) is 12.8 Å². The lowest BCUT2D eigenvalue weighted by Crippen LogP contribution is -2.54. The van der Waals surface area contributed by atoms with Crippen LogP contribution in [0.1, 0.15) is 36.0 Å². The molecule has 2 aliphatic rings. The zero-order valence-electron chi connectivity index (χ0n) is 11.9. The Balaban J connectivity index is 1.85. The van der Waals surface area contributed by atoms with Gasteiger partial charge in [-0.25, -0.2) is 0 Å². The van der Waals surface area contributed by atoms with Crippen LogP contribution in [0.15, 0.2) is 24.3 Å². The van der Waals surface area contributed by atoms with Crippen LogP contribution in [0.3, 0.4) is 0 Å². The average Bonchev–Trinajstić information content (AvgIpc) is 2.53. The Labute approximate surface area is 119 Å². The molecule has 2 atom stereocenters. The van der Waals surface area contributed by atoms with Gasteiger partial charge >= 0.3 is 0 Å². The summed E-state index contributed by atoms with van der Waals surface area (Å²) in [6, 6.07) is 7.68. The topological polar surface area (TPSA) is 38.8 Å². The Hall–Kier alpha value is -1.55. The zero-order valence-corrected chi connectivity index (χ0v) is 11.9. The first kappa shape index (κ1) is 13.4. The van der Waals surface area contributed by atoms with Crippen molar-refractivity contribution in [1.82, 2.24) is 4.90 Å². The van der Waals surface area contributed by atoms with Crippen molar-refractivity contribution in [2.75, 3.05) is 20.3 Å². The fourth-order valence-corrected chi connectivity index (χ4v) is 3.32. The third-order valence-electron chi connectivity index (χ3n) is 4.33. The molecule has 0 aromatic heterocycles. The fraction of sp³-hybridized carbons (Fsp3) is 0.562. The Morgan fingerprint density at radius 3 is 2.95 bits per heavy atom.